The summed E-state index contributed by atoms with van der Waals surface area (Å²) in [6, 6.07) is -0.326. The minimum absolute atomic E-state index is 0.201. The van der Waals surface area contributed by atoms with Crippen LogP contribution >= 0.6 is 0 Å². The largest absolute Gasteiger partial charge is 0.339 e. The van der Waals surface area contributed by atoms with E-state index in [0.717, 1.165) is 0 Å². The smallest absolute Gasteiger partial charge is 0.249 e. The van der Waals surface area contributed by atoms with E-state index in [1.165, 1.54) is 0 Å². The lowest BCUT2D eigenvalue weighted by Crippen LogP contribution is -2.33. The molecule has 1 aliphatic carbocycles. The molecule has 2 N–H and O–H groups in total. The topological polar surface area (TPSA) is 64.9 Å². The average molecular weight is 203 g/mol. The highest BCUT2D eigenvalue weighted by Gasteiger charge is 2.48. The second kappa shape index (κ2) is 2.98. The van der Waals surface area contributed by atoms with Crippen LogP contribution in [0.25, 0.3) is 0 Å². The van der Waals surface area contributed by atoms with Crippen LogP contribution in [-0.4, -0.2) is 16.1 Å². The number of hydrogen-bond donors (Lipinski definition) is 1. The van der Waals surface area contributed by atoms with E-state index >= 15 is 0 Å². The molecule has 0 radical (unpaired) electrons. The van der Waals surface area contributed by atoms with Gasteiger partial charge in [0, 0.05) is 18.8 Å². The van der Waals surface area contributed by atoms with Crippen molar-refractivity contribution in [2.24, 2.45) is 5.73 Å². The quantitative estimate of drug-likeness (QED) is 0.792. The van der Waals surface area contributed by atoms with Gasteiger partial charge in [-0.25, -0.2) is 8.78 Å². The Bertz CT molecular complexity index is 329. The number of nitrogens with zero attached hydrogens (tertiary/aromatic N) is 2. The molecule has 1 unspecified atom stereocenters. The molecule has 4 nitrogen and oxygen atoms in total. The summed E-state index contributed by atoms with van der Waals surface area (Å²) < 4.78 is 29.9. The number of halogens is 2. The van der Waals surface area contributed by atoms with Gasteiger partial charge in [0.25, 0.3) is 0 Å². The van der Waals surface area contributed by atoms with Crippen LogP contribution in [0.1, 0.15) is 43.4 Å². The SMILES string of the molecule is CC(N)c1noc(C2CC(F)(F)C2)n1. The molecule has 6 heteroatoms. The number of hydrogen-bond acceptors (Lipinski definition) is 4. The molecule has 0 saturated heterocycles. The third-order valence-electron chi connectivity index (χ3n) is 2.30. The zero-order valence-electron chi connectivity index (χ0n) is 7.70. The predicted molar refractivity (Wildman–Crippen MR) is 43.8 cm³/mol. The first-order valence-corrected chi connectivity index (χ1v) is 4.45. The Balaban J connectivity index is 2.05. The fraction of sp³-hybridized carbons (Fsp3) is 0.750. The van der Waals surface area contributed by atoms with Gasteiger partial charge in [-0.2, -0.15) is 4.98 Å². The molecule has 1 atom stereocenters. The number of aromatic nitrogens is 2. The highest BCUT2D eigenvalue weighted by Crippen LogP contribution is 2.47. The third-order valence-corrected chi connectivity index (χ3v) is 2.30. The Morgan fingerprint density at radius 1 is 1.57 bits per heavy atom. The Labute approximate surface area is 79.5 Å². The molecule has 0 spiro atoms. The number of alkyl halides is 2. The van der Waals surface area contributed by atoms with Crippen molar-refractivity contribution >= 4 is 0 Å². The van der Waals surface area contributed by atoms with Crippen molar-refractivity contribution in [3.63, 3.8) is 0 Å². The molecule has 78 valence electrons. The van der Waals surface area contributed by atoms with Gasteiger partial charge in [0.2, 0.25) is 11.8 Å². The van der Waals surface area contributed by atoms with E-state index in [2.05, 4.69) is 10.1 Å². The molecule has 1 aliphatic rings. The van der Waals surface area contributed by atoms with Crippen LogP contribution in [0.2, 0.25) is 0 Å². The average Bonchev–Trinajstić information content (AvgIpc) is 2.47. The maximum Gasteiger partial charge on any atom is 0.249 e. The molecule has 0 aliphatic heterocycles. The molecular weight excluding hydrogens is 192 g/mol. The maximum absolute atomic E-state index is 12.5. The summed E-state index contributed by atoms with van der Waals surface area (Å²) in [7, 11) is 0. The summed E-state index contributed by atoms with van der Waals surface area (Å²) in [5.41, 5.74) is 5.51. The fourth-order valence-electron chi connectivity index (χ4n) is 1.43. The summed E-state index contributed by atoms with van der Waals surface area (Å²) in [6.07, 6.45) is -0.402. The monoisotopic (exact) mass is 203 g/mol. The molecule has 1 saturated carbocycles. The van der Waals surface area contributed by atoms with Crippen LogP contribution in [0, 0.1) is 0 Å². The van der Waals surface area contributed by atoms with Crippen LogP contribution in [0.5, 0.6) is 0 Å². The van der Waals surface area contributed by atoms with E-state index in [4.69, 9.17) is 10.3 Å². The van der Waals surface area contributed by atoms with Gasteiger partial charge in [-0.15, -0.1) is 0 Å². The molecule has 0 aromatic carbocycles. The van der Waals surface area contributed by atoms with Gasteiger partial charge >= 0.3 is 0 Å². The van der Waals surface area contributed by atoms with Crippen molar-refractivity contribution in [3.05, 3.63) is 11.7 Å². The Hall–Kier alpha value is -1.04. The lowest BCUT2D eigenvalue weighted by Gasteiger charge is -2.31. The molecule has 1 fully saturated rings. The molecule has 0 amide bonds. The number of rotatable bonds is 2. The third kappa shape index (κ3) is 1.61. The van der Waals surface area contributed by atoms with Gasteiger partial charge in [-0.3, -0.25) is 0 Å². The van der Waals surface area contributed by atoms with E-state index in [9.17, 15) is 8.78 Å². The molecule has 2 rings (SSSR count). The lowest BCUT2D eigenvalue weighted by atomic mass is 9.81. The van der Waals surface area contributed by atoms with Crippen LogP contribution in [0.3, 0.4) is 0 Å². The van der Waals surface area contributed by atoms with Crippen molar-refractivity contribution in [2.75, 3.05) is 0 Å². The summed E-state index contributed by atoms with van der Waals surface area (Å²) in [6.45, 7) is 1.71. The maximum atomic E-state index is 12.5. The molecule has 1 aromatic rings. The summed E-state index contributed by atoms with van der Waals surface area (Å²) in [4.78, 5) is 3.96. The van der Waals surface area contributed by atoms with Gasteiger partial charge < -0.3 is 10.3 Å². The summed E-state index contributed by atoms with van der Waals surface area (Å²) >= 11 is 0. The second-order valence-electron chi connectivity index (χ2n) is 3.74. The van der Waals surface area contributed by atoms with E-state index in [0.29, 0.717) is 5.82 Å². The molecule has 0 bridgehead atoms. The Kier molecular flexibility index (Phi) is 2.02. The van der Waals surface area contributed by atoms with Gasteiger partial charge in [0.1, 0.15) is 0 Å². The van der Waals surface area contributed by atoms with Crippen LogP contribution < -0.4 is 5.73 Å². The van der Waals surface area contributed by atoms with E-state index in [1.807, 2.05) is 0 Å². The Morgan fingerprint density at radius 3 is 2.64 bits per heavy atom. The van der Waals surface area contributed by atoms with Gasteiger partial charge in [0.05, 0.1) is 6.04 Å². The zero-order chi connectivity index (χ0) is 10.3. The standard InChI is InChI=1S/C8H11F2N3O/c1-4(11)6-12-7(14-13-6)5-2-8(9,10)3-5/h4-5H,2-3,11H2,1H3. The van der Waals surface area contributed by atoms with E-state index < -0.39 is 5.92 Å². The minimum Gasteiger partial charge on any atom is -0.339 e. The van der Waals surface area contributed by atoms with Crippen molar-refractivity contribution in [1.82, 2.24) is 10.1 Å². The van der Waals surface area contributed by atoms with Crippen LogP contribution in [0.15, 0.2) is 4.52 Å². The van der Waals surface area contributed by atoms with Gasteiger partial charge in [0.15, 0.2) is 5.82 Å². The summed E-state index contributed by atoms with van der Waals surface area (Å²) in [5, 5.41) is 3.61. The Morgan fingerprint density at radius 2 is 2.21 bits per heavy atom. The minimum atomic E-state index is -2.56. The van der Waals surface area contributed by atoms with E-state index in [1.54, 1.807) is 6.92 Å². The van der Waals surface area contributed by atoms with Crippen molar-refractivity contribution in [2.45, 2.75) is 37.6 Å². The first-order chi connectivity index (χ1) is 6.48. The zero-order valence-corrected chi connectivity index (χ0v) is 7.70. The number of nitrogens with two attached hydrogens (primary N) is 1. The fourth-order valence-corrected chi connectivity index (χ4v) is 1.43. The second-order valence-corrected chi connectivity index (χ2v) is 3.74. The first kappa shape index (κ1) is 9.51. The van der Waals surface area contributed by atoms with Crippen molar-refractivity contribution < 1.29 is 13.3 Å². The lowest BCUT2D eigenvalue weighted by molar-refractivity contribution is -0.0925. The van der Waals surface area contributed by atoms with Gasteiger partial charge in [-0.1, -0.05) is 5.16 Å². The first-order valence-electron chi connectivity index (χ1n) is 4.45. The molecule has 1 aromatic heterocycles. The highest BCUT2D eigenvalue weighted by molar-refractivity contribution is 5.05. The molecule has 1 heterocycles. The van der Waals surface area contributed by atoms with Crippen molar-refractivity contribution in [3.8, 4) is 0 Å². The molecule has 14 heavy (non-hydrogen) atoms. The normalized spacial score (nSPS) is 23.1. The van der Waals surface area contributed by atoms with Gasteiger partial charge in [-0.05, 0) is 6.92 Å². The predicted octanol–water partition coefficient (Wildman–Crippen LogP) is 1.60. The van der Waals surface area contributed by atoms with Crippen LogP contribution in [-0.2, 0) is 0 Å². The summed E-state index contributed by atoms with van der Waals surface area (Å²) in [5.74, 6) is -2.21. The van der Waals surface area contributed by atoms with E-state index in [-0.39, 0.29) is 30.7 Å². The van der Waals surface area contributed by atoms with Crippen molar-refractivity contribution in [1.29, 1.82) is 0 Å². The molecular formula is C8H11F2N3O. The van der Waals surface area contributed by atoms with Crippen LogP contribution in [0.4, 0.5) is 8.78 Å². The highest BCUT2D eigenvalue weighted by atomic mass is 19.3.